The molecule has 1 unspecified atom stereocenters. The van der Waals surface area contributed by atoms with Crippen LogP contribution in [0.4, 0.5) is 11.4 Å². The summed E-state index contributed by atoms with van der Waals surface area (Å²) >= 11 is 0. The predicted molar refractivity (Wildman–Crippen MR) is 157 cm³/mol. The Kier molecular flexibility index (Phi) is 8.92. The molecule has 1 saturated heterocycles. The molecule has 0 saturated carbocycles. The lowest BCUT2D eigenvalue weighted by atomic mass is 9.89. The van der Waals surface area contributed by atoms with E-state index in [-0.39, 0.29) is 29.6 Å². The third-order valence-corrected chi connectivity index (χ3v) is 7.43. The summed E-state index contributed by atoms with van der Waals surface area (Å²) in [4.78, 5) is 40.3. The highest BCUT2D eigenvalue weighted by Gasteiger charge is 2.27. The van der Waals surface area contributed by atoms with Crippen molar-refractivity contribution in [1.82, 2.24) is 14.9 Å². The number of nitrogens with one attached hydrogen (secondary N) is 1. The predicted octanol–water partition coefficient (Wildman–Crippen LogP) is 4.50. The second-order valence-corrected chi connectivity index (χ2v) is 11.9. The van der Waals surface area contributed by atoms with Gasteiger partial charge in [0.15, 0.2) is 0 Å². The summed E-state index contributed by atoms with van der Waals surface area (Å²) in [7, 11) is 0. The van der Waals surface area contributed by atoms with Crippen LogP contribution < -0.4 is 16.1 Å². The van der Waals surface area contributed by atoms with Crippen LogP contribution in [-0.2, 0) is 4.79 Å². The molecule has 2 aliphatic heterocycles. The molecule has 2 aromatic rings. The number of aliphatic imine (C=N–C) groups is 1. The van der Waals surface area contributed by atoms with E-state index in [1.54, 1.807) is 31.8 Å². The fourth-order valence-corrected chi connectivity index (χ4v) is 4.76. The molecule has 0 aliphatic carbocycles. The number of nitrogens with zero attached hydrogens (tertiary/aromatic N) is 7. The lowest BCUT2D eigenvalue weighted by Gasteiger charge is -2.35. The van der Waals surface area contributed by atoms with Crippen molar-refractivity contribution in [2.75, 3.05) is 30.0 Å². The Morgan fingerprint density at radius 1 is 1.15 bits per heavy atom. The average molecular weight is 548 g/mol. The van der Waals surface area contributed by atoms with Crippen LogP contribution in [0.1, 0.15) is 81.5 Å². The van der Waals surface area contributed by atoms with Gasteiger partial charge in [-0.1, -0.05) is 26.0 Å². The highest BCUT2D eigenvalue weighted by Crippen LogP contribution is 2.32. The number of piperidine rings is 1. The van der Waals surface area contributed by atoms with E-state index in [2.05, 4.69) is 55.4 Å². The highest BCUT2D eigenvalue weighted by atomic mass is 16.1. The Morgan fingerprint density at radius 2 is 1.88 bits per heavy atom. The Balaban J connectivity index is 1.40. The maximum absolute atomic E-state index is 12.8. The van der Waals surface area contributed by atoms with Gasteiger partial charge in [-0.05, 0) is 45.7 Å². The van der Waals surface area contributed by atoms with Crippen LogP contribution in [0.2, 0.25) is 0 Å². The molecule has 3 N–H and O–H groups in total. The molecule has 2 aromatic heterocycles. The van der Waals surface area contributed by atoms with Crippen molar-refractivity contribution in [3.8, 4) is 0 Å². The van der Waals surface area contributed by atoms with E-state index in [9.17, 15) is 9.59 Å². The number of hydrogen-bond donors (Lipinski definition) is 2. The van der Waals surface area contributed by atoms with Gasteiger partial charge in [0.25, 0.3) is 5.91 Å². The summed E-state index contributed by atoms with van der Waals surface area (Å²) in [6, 6.07) is 4.58. The topological polar surface area (TPSA) is 142 Å². The minimum absolute atomic E-state index is 0.0144. The summed E-state index contributed by atoms with van der Waals surface area (Å²) < 4.78 is 0. The maximum Gasteiger partial charge on any atom is 0.280 e. The zero-order valence-corrected chi connectivity index (χ0v) is 24.4. The standard InChI is InChI=1S/C29H41N9O2/c1-18(2)37-9-7-22(8-10-37)33-23-11-20(14-31-16-23)24-17-38(36-35-24)25-12-21(15-32-19(25)3)28(40)34-27(30)13-26(39)29(4,5)6/h11-12,14-16,18,22,24,33H,7-10,13,17H2,1-6H3,(H2,30,34,40). The van der Waals surface area contributed by atoms with E-state index in [1.165, 1.54) is 6.20 Å². The van der Waals surface area contributed by atoms with Crippen molar-refractivity contribution in [2.24, 2.45) is 26.5 Å². The van der Waals surface area contributed by atoms with Crippen LogP contribution in [0.25, 0.3) is 0 Å². The van der Waals surface area contributed by atoms with E-state index in [0.29, 0.717) is 30.0 Å². The highest BCUT2D eigenvalue weighted by molar-refractivity contribution is 6.09. The van der Waals surface area contributed by atoms with Crippen molar-refractivity contribution in [3.63, 3.8) is 0 Å². The second kappa shape index (κ2) is 12.2. The molecule has 11 nitrogen and oxygen atoms in total. The third-order valence-electron chi connectivity index (χ3n) is 7.43. The first-order valence-corrected chi connectivity index (χ1v) is 13.9. The van der Waals surface area contributed by atoms with E-state index in [1.807, 2.05) is 19.3 Å². The maximum atomic E-state index is 12.8. The molecule has 0 spiro atoms. The van der Waals surface area contributed by atoms with Crippen molar-refractivity contribution in [1.29, 1.82) is 0 Å². The number of anilines is 2. The molecule has 40 heavy (non-hydrogen) atoms. The van der Waals surface area contributed by atoms with E-state index in [0.717, 1.165) is 37.2 Å². The molecule has 0 aromatic carbocycles. The number of aryl methyl sites for hydroxylation is 1. The number of Topliss-reactive ketones (excluding diaryl/α,β-unsaturated/α-hetero) is 1. The number of amidine groups is 1. The third kappa shape index (κ3) is 7.26. The molecular formula is C29H41N9O2. The smallest absolute Gasteiger partial charge is 0.280 e. The van der Waals surface area contributed by atoms with Crippen LogP contribution in [0.3, 0.4) is 0 Å². The van der Waals surface area contributed by atoms with Crippen molar-refractivity contribution in [2.45, 2.75) is 78.9 Å². The summed E-state index contributed by atoms with van der Waals surface area (Å²) in [6.07, 6.45) is 7.25. The van der Waals surface area contributed by atoms with Gasteiger partial charge >= 0.3 is 0 Å². The van der Waals surface area contributed by atoms with E-state index < -0.39 is 11.3 Å². The van der Waals surface area contributed by atoms with E-state index >= 15 is 0 Å². The van der Waals surface area contributed by atoms with Gasteiger partial charge in [-0.15, -0.1) is 0 Å². The van der Waals surface area contributed by atoms with Crippen LogP contribution in [0, 0.1) is 12.3 Å². The van der Waals surface area contributed by atoms with Gasteiger partial charge in [-0.2, -0.15) is 10.1 Å². The number of pyridine rings is 2. The number of likely N-dealkylation sites (tertiary alicyclic amines) is 1. The Hall–Kier alpha value is -3.73. The first kappa shape index (κ1) is 29.3. The molecule has 11 heteroatoms. The SMILES string of the molecule is Cc1ncc(C(=O)N=C(N)CC(=O)C(C)(C)C)cc1N1CC(c2cncc(NC3CCN(C(C)C)CC3)c2)N=N1. The average Bonchev–Trinajstić information content (AvgIpc) is 3.39. The lowest BCUT2D eigenvalue weighted by molar-refractivity contribution is -0.125. The number of hydrogen-bond acceptors (Lipinski definition) is 9. The quantitative estimate of drug-likeness (QED) is 0.363. The fourth-order valence-electron chi connectivity index (χ4n) is 4.76. The molecule has 1 atom stereocenters. The first-order valence-electron chi connectivity index (χ1n) is 13.9. The number of ketones is 1. The Bertz CT molecular complexity index is 1290. The number of rotatable bonds is 8. The molecule has 4 rings (SSSR count). The van der Waals surface area contributed by atoms with Gasteiger partial charge in [0.1, 0.15) is 17.7 Å². The Morgan fingerprint density at radius 3 is 2.55 bits per heavy atom. The molecule has 214 valence electrons. The zero-order chi connectivity index (χ0) is 29.0. The van der Waals surface area contributed by atoms with Gasteiger partial charge in [0.2, 0.25) is 0 Å². The van der Waals surface area contributed by atoms with Gasteiger partial charge in [-0.3, -0.25) is 19.6 Å². The largest absolute Gasteiger partial charge is 0.387 e. The minimum atomic E-state index is -0.560. The van der Waals surface area contributed by atoms with Crippen LogP contribution >= 0.6 is 0 Å². The van der Waals surface area contributed by atoms with Crippen LogP contribution in [-0.4, -0.2) is 64.1 Å². The van der Waals surface area contributed by atoms with Gasteiger partial charge < -0.3 is 16.0 Å². The number of nitrogens with two attached hydrogens (primary N) is 1. The van der Waals surface area contributed by atoms with Gasteiger partial charge in [0.05, 0.1) is 35.6 Å². The Labute approximate surface area is 236 Å². The molecule has 2 aliphatic rings. The molecule has 0 bridgehead atoms. The van der Waals surface area contributed by atoms with Crippen molar-refractivity contribution < 1.29 is 9.59 Å². The summed E-state index contributed by atoms with van der Waals surface area (Å²) in [6.45, 7) is 14.4. The van der Waals surface area contributed by atoms with E-state index in [4.69, 9.17) is 5.73 Å². The normalized spacial score (nSPS) is 18.9. The van der Waals surface area contributed by atoms with Crippen LogP contribution in [0.5, 0.6) is 0 Å². The molecular weight excluding hydrogens is 506 g/mol. The zero-order valence-electron chi connectivity index (χ0n) is 24.4. The summed E-state index contributed by atoms with van der Waals surface area (Å²) in [5.74, 6) is -0.652. The summed E-state index contributed by atoms with van der Waals surface area (Å²) in [5, 5.41) is 14.2. The number of carbonyl (C=O) groups excluding carboxylic acids is 2. The fraction of sp³-hybridized carbons (Fsp3) is 0.552. The number of carbonyl (C=O) groups is 2. The first-order chi connectivity index (χ1) is 18.9. The monoisotopic (exact) mass is 547 g/mol. The van der Waals surface area contributed by atoms with Gasteiger partial charge in [0, 0.05) is 54.7 Å². The van der Waals surface area contributed by atoms with Crippen LogP contribution in [0.15, 0.2) is 46.1 Å². The molecule has 1 fully saturated rings. The van der Waals surface area contributed by atoms with Gasteiger partial charge in [-0.25, -0.2) is 5.01 Å². The van der Waals surface area contributed by atoms with Crippen molar-refractivity contribution in [3.05, 3.63) is 47.5 Å². The summed E-state index contributed by atoms with van der Waals surface area (Å²) in [5.41, 5.74) is 8.93. The number of aromatic nitrogens is 2. The lowest BCUT2D eigenvalue weighted by Crippen LogP contribution is -2.42. The number of amides is 1. The minimum Gasteiger partial charge on any atom is -0.387 e. The molecule has 4 heterocycles. The molecule has 0 radical (unpaired) electrons. The van der Waals surface area contributed by atoms with Crippen molar-refractivity contribution >= 4 is 28.9 Å². The molecule has 1 amide bonds. The second-order valence-electron chi connectivity index (χ2n) is 11.9.